The van der Waals surface area contributed by atoms with Crippen molar-refractivity contribution in [3.8, 4) is 23.0 Å². The molecule has 14 heavy (non-hydrogen) atoms. The fourth-order valence-electron chi connectivity index (χ4n) is 1.21. The molecule has 1 rings (SSSR count). The normalized spacial score (nSPS) is 10.9. The van der Waals surface area contributed by atoms with E-state index in [1.54, 1.807) is 13.8 Å². The molecule has 5 heteroatoms. The third-order valence-electron chi connectivity index (χ3n) is 1.95. The zero-order chi connectivity index (χ0) is 11.0. The highest BCUT2D eigenvalue weighted by Crippen LogP contribution is 2.48. The molecule has 0 bridgehead atoms. The number of phenolic OH excluding ortho intramolecular Hbond substituents is 4. The molecule has 0 spiro atoms. The summed E-state index contributed by atoms with van der Waals surface area (Å²) in [5, 5.41) is 36.4. The quantitative estimate of drug-likeness (QED) is 0.413. The first kappa shape index (κ1) is 10.4. The Hall–Kier alpha value is -1.65. The predicted molar refractivity (Wildman–Crippen MR) is 47.1 cm³/mol. The van der Waals surface area contributed by atoms with Crippen LogP contribution < -0.4 is 0 Å². The molecular weight excluding hydrogens is 191 g/mol. The van der Waals surface area contributed by atoms with Crippen molar-refractivity contribution < 1.29 is 24.8 Å². The summed E-state index contributed by atoms with van der Waals surface area (Å²) in [4.78, 5) is 0. The van der Waals surface area contributed by atoms with E-state index in [1.807, 2.05) is 0 Å². The van der Waals surface area contributed by atoms with Gasteiger partial charge in [-0.1, -0.05) is 13.8 Å². The van der Waals surface area contributed by atoms with Crippen LogP contribution in [0.15, 0.2) is 0 Å². The van der Waals surface area contributed by atoms with Gasteiger partial charge in [0.05, 0.1) is 0 Å². The monoisotopic (exact) mass is 202 g/mol. The number of rotatable bonds is 1. The molecule has 78 valence electrons. The number of hydrogen-bond donors (Lipinski definition) is 4. The summed E-state index contributed by atoms with van der Waals surface area (Å²) in [6.07, 6.45) is 0. The van der Waals surface area contributed by atoms with Crippen molar-refractivity contribution in [1.29, 1.82) is 0 Å². The van der Waals surface area contributed by atoms with Gasteiger partial charge < -0.3 is 20.4 Å². The van der Waals surface area contributed by atoms with Gasteiger partial charge in [0.1, 0.15) is 0 Å². The second kappa shape index (κ2) is 3.25. The Morgan fingerprint density at radius 1 is 0.857 bits per heavy atom. The van der Waals surface area contributed by atoms with Gasteiger partial charge in [0.2, 0.25) is 11.5 Å². The Labute approximate surface area is 79.9 Å². The molecule has 0 aliphatic rings. The predicted octanol–water partition coefficient (Wildman–Crippen LogP) is 1.77. The van der Waals surface area contributed by atoms with Crippen LogP contribution in [0.4, 0.5) is 4.39 Å². The van der Waals surface area contributed by atoms with Gasteiger partial charge in [-0.25, -0.2) is 4.39 Å². The molecule has 4 N–H and O–H groups in total. The van der Waals surface area contributed by atoms with E-state index >= 15 is 0 Å². The van der Waals surface area contributed by atoms with E-state index in [9.17, 15) is 9.50 Å². The molecular formula is C9H11FO4. The van der Waals surface area contributed by atoms with E-state index < -0.39 is 34.7 Å². The summed E-state index contributed by atoms with van der Waals surface area (Å²) in [7, 11) is 0. The Morgan fingerprint density at radius 3 is 1.71 bits per heavy atom. The molecule has 4 nitrogen and oxygen atoms in total. The average molecular weight is 202 g/mol. The SMILES string of the molecule is CC(C)c1c(O)c(O)c(O)c(O)c1F. The van der Waals surface area contributed by atoms with E-state index in [0.29, 0.717) is 0 Å². The second-order valence-corrected chi connectivity index (χ2v) is 3.28. The molecule has 0 aliphatic carbocycles. The van der Waals surface area contributed by atoms with E-state index in [4.69, 9.17) is 15.3 Å². The third-order valence-corrected chi connectivity index (χ3v) is 1.95. The molecule has 0 aliphatic heterocycles. The zero-order valence-corrected chi connectivity index (χ0v) is 7.74. The first-order chi connectivity index (χ1) is 6.37. The number of phenols is 4. The fraction of sp³-hybridized carbons (Fsp3) is 0.333. The molecule has 0 saturated carbocycles. The minimum atomic E-state index is -1.12. The smallest absolute Gasteiger partial charge is 0.207 e. The van der Waals surface area contributed by atoms with Crippen molar-refractivity contribution in [1.82, 2.24) is 0 Å². The zero-order valence-electron chi connectivity index (χ0n) is 7.74. The maximum Gasteiger partial charge on any atom is 0.207 e. The third kappa shape index (κ3) is 1.30. The lowest BCUT2D eigenvalue weighted by Crippen LogP contribution is -1.95. The number of benzene rings is 1. The Morgan fingerprint density at radius 2 is 1.29 bits per heavy atom. The molecule has 0 fully saturated rings. The van der Waals surface area contributed by atoms with Gasteiger partial charge in [0.15, 0.2) is 17.3 Å². The van der Waals surface area contributed by atoms with Crippen LogP contribution in [0.3, 0.4) is 0 Å². The molecule has 0 heterocycles. The maximum absolute atomic E-state index is 13.3. The van der Waals surface area contributed by atoms with E-state index in [0.717, 1.165) is 0 Å². The van der Waals surface area contributed by atoms with Crippen molar-refractivity contribution in [3.05, 3.63) is 11.4 Å². The Bertz CT molecular complexity index is 345. The van der Waals surface area contributed by atoms with Gasteiger partial charge in [-0.3, -0.25) is 0 Å². The van der Waals surface area contributed by atoms with E-state index in [2.05, 4.69) is 0 Å². The minimum Gasteiger partial charge on any atom is -0.504 e. The van der Waals surface area contributed by atoms with Crippen LogP contribution in [0.2, 0.25) is 0 Å². The second-order valence-electron chi connectivity index (χ2n) is 3.28. The number of hydrogen-bond acceptors (Lipinski definition) is 4. The molecule has 0 radical (unpaired) electrons. The van der Waals surface area contributed by atoms with Gasteiger partial charge in [0.25, 0.3) is 0 Å². The van der Waals surface area contributed by atoms with Crippen molar-refractivity contribution in [2.45, 2.75) is 19.8 Å². The van der Waals surface area contributed by atoms with Crippen LogP contribution >= 0.6 is 0 Å². The molecule has 0 saturated heterocycles. The largest absolute Gasteiger partial charge is 0.504 e. The van der Waals surface area contributed by atoms with Gasteiger partial charge in [-0.05, 0) is 5.92 Å². The Kier molecular flexibility index (Phi) is 2.42. The summed E-state index contributed by atoms with van der Waals surface area (Å²) < 4.78 is 13.3. The summed E-state index contributed by atoms with van der Waals surface area (Å²) in [5.41, 5.74) is -0.224. The lowest BCUT2D eigenvalue weighted by molar-refractivity contribution is 0.326. The van der Waals surface area contributed by atoms with Crippen LogP contribution in [-0.4, -0.2) is 20.4 Å². The molecule has 1 aromatic carbocycles. The molecule has 0 atom stereocenters. The number of halogens is 1. The van der Waals surface area contributed by atoms with Crippen LogP contribution in [-0.2, 0) is 0 Å². The highest BCUT2D eigenvalue weighted by Gasteiger charge is 2.24. The first-order valence-corrected chi connectivity index (χ1v) is 4.03. The lowest BCUT2D eigenvalue weighted by atomic mass is 10.00. The van der Waals surface area contributed by atoms with Gasteiger partial charge in [-0.15, -0.1) is 0 Å². The van der Waals surface area contributed by atoms with E-state index in [-0.39, 0.29) is 5.56 Å². The minimum absolute atomic E-state index is 0.224. The summed E-state index contributed by atoms with van der Waals surface area (Å²) >= 11 is 0. The standard InChI is InChI=1S/C9H11FO4/c1-3(2)4-5(10)7(12)9(14)8(13)6(4)11/h3,11-14H,1-2H3. The van der Waals surface area contributed by atoms with Gasteiger partial charge >= 0.3 is 0 Å². The van der Waals surface area contributed by atoms with Crippen LogP contribution in [0.25, 0.3) is 0 Å². The summed E-state index contributed by atoms with van der Waals surface area (Å²) in [6, 6.07) is 0. The topological polar surface area (TPSA) is 80.9 Å². The number of aromatic hydroxyl groups is 4. The molecule has 0 aromatic heterocycles. The maximum atomic E-state index is 13.3. The highest BCUT2D eigenvalue weighted by atomic mass is 19.1. The van der Waals surface area contributed by atoms with Crippen molar-refractivity contribution >= 4 is 0 Å². The summed E-state index contributed by atoms with van der Waals surface area (Å²) in [6.45, 7) is 3.15. The van der Waals surface area contributed by atoms with Crippen LogP contribution in [0.5, 0.6) is 23.0 Å². The Balaban J connectivity index is 3.60. The van der Waals surface area contributed by atoms with Crippen molar-refractivity contribution in [2.75, 3.05) is 0 Å². The van der Waals surface area contributed by atoms with Crippen LogP contribution in [0.1, 0.15) is 25.3 Å². The van der Waals surface area contributed by atoms with Crippen molar-refractivity contribution in [2.24, 2.45) is 0 Å². The van der Waals surface area contributed by atoms with E-state index in [1.165, 1.54) is 0 Å². The molecule has 0 unspecified atom stereocenters. The molecule has 0 amide bonds. The summed E-state index contributed by atoms with van der Waals surface area (Å²) in [5.74, 6) is -5.30. The van der Waals surface area contributed by atoms with Crippen molar-refractivity contribution in [3.63, 3.8) is 0 Å². The average Bonchev–Trinajstić information content (AvgIpc) is 2.11. The first-order valence-electron chi connectivity index (χ1n) is 4.03. The van der Waals surface area contributed by atoms with Gasteiger partial charge in [0, 0.05) is 5.56 Å². The van der Waals surface area contributed by atoms with Crippen LogP contribution in [0, 0.1) is 5.82 Å². The van der Waals surface area contributed by atoms with Gasteiger partial charge in [-0.2, -0.15) is 0 Å². The highest BCUT2D eigenvalue weighted by molar-refractivity contribution is 5.61. The molecule has 1 aromatic rings. The lowest BCUT2D eigenvalue weighted by Gasteiger charge is -2.13. The fourth-order valence-corrected chi connectivity index (χ4v) is 1.21.